The van der Waals surface area contributed by atoms with Crippen LogP contribution < -0.4 is 4.74 Å². The zero-order chi connectivity index (χ0) is 16.4. The number of ether oxygens (including phenoxy) is 1. The molecule has 0 spiro atoms. The highest BCUT2D eigenvalue weighted by molar-refractivity contribution is 5.78. The van der Waals surface area contributed by atoms with Gasteiger partial charge in [-0.1, -0.05) is 18.2 Å². The fraction of sp³-hybridized carbons (Fsp3) is 0.118. The quantitative estimate of drug-likeness (QED) is 0.695. The molecule has 0 unspecified atom stereocenters. The Morgan fingerprint density at radius 3 is 2.70 bits per heavy atom. The number of carbonyl (C=O) groups excluding carboxylic acids is 1. The summed E-state index contributed by atoms with van der Waals surface area (Å²) in [6, 6.07) is 11.6. The first-order valence-electron chi connectivity index (χ1n) is 6.93. The first kappa shape index (κ1) is 14.9. The van der Waals surface area contributed by atoms with Gasteiger partial charge in [0.15, 0.2) is 23.2 Å². The fourth-order valence-corrected chi connectivity index (χ4v) is 2.31. The number of carbonyl (C=O) groups is 1. The van der Waals surface area contributed by atoms with Crippen LogP contribution in [0.15, 0.2) is 42.5 Å². The van der Waals surface area contributed by atoms with E-state index in [-0.39, 0.29) is 5.75 Å². The van der Waals surface area contributed by atoms with E-state index in [1.807, 2.05) is 6.07 Å². The summed E-state index contributed by atoms with van der Waals surface area (Å²) >= 11 is 0. The summed E-state index contributed by atoms with van der Waals surface area (Å²) in [5.74, 6) is 0.700. The van der Waals surface area contributed by atoms with E-state index in [0.29, 0.717) is 22.8 Å². The van der Waals surface area contributed by atoms with Crippen molar-refractivity contribution in [1.82, 2.24) is 14.8 Å². The lowest BCUT2D eigenvalue weighted by molar-refractivity contribution is 0.112. The first-order chi connectivity index (χ1) is 11.1. The van der Waals surface area contributed by atoms with Gasteiger partial charge in [0.05, 0.1) is 7.11 Å². The molecule has 0 amide bonds. The van der Waals surface area contributed by atoms with Gasteiger partial charge in [0.1, 0.15) is 6.29 Å². The normalized spacial score (nSPS) is 10.6. The van der Waals surface area contributed by atoms with Gasteiger partial charge in [-0.2, -0.15) is 5.10 Å². The maximum atomic E-state index is 13.8. The zero-order valence-electron chi connectivity index (χ0n) is 12.7. The van der Waals surface area contributed by atoms with Crippen LogP contribution in [0.4, 0.5) is 4.39 Å². The minimum absolute atomic E-state index is 0.170. The Morgan fingerprint density at radius 1 is 1.17 bits per heavy atom. The Morgan fingerprint density at radius 2 is 2.00 bits per heavy atom. The van der Waals surface area contributed by atoms with E-state index in [2.05, 4.69) is 10.1 Å². The summed E-state index contributed by atoms with van der Waals surface area (Å²) in [6.45, 7) is 0. The molecule has 0 aliphatic carbocycles. The van der Waals surface area contributed by atoms with Crippen LogP contribution in [0, 0.1) is 5.82 Å². The summed E-state index contributed by atoms with van der Waals surface area (Å²) in [5, 5.41) is 4.32. The summed E-state index contributed by atoms with van der Waals surface area (Å²) < 4.78 is 20.3. The number of rotatable bonds is 4. The topological polar surface area (TPSA) is 57.0 Å². The lowest BCUT2D eigenvalue weighted by Crippen LogP contribution is -1.95. The molecule has 23 heavy (non-hydrogen) atoms. The molecular formula is C17H14FN3O2. The second-order valence-corrected chi connectivity index (χ2v) is 4.98. The van der Waals surface area contributed by atoms with Gasteiger partial charge in [-0.05, 0) is 24.3 Å². The minimum Gasteiger partial charge on any atom is -0.494 e. The van der Waals surface area contributed by atoms with Crippen LogP contribution in [0.25, 0.3) is 22.8 Å². The molecule has 0 aliphatic rings. The molecular weight excluding hydrogens is 297 g/mol. The maximum absolute atomic E-state index is 13.8. The maximum Gasteiger partial charge on any atom is 0.181 e. The molecule has 0 N–H and O–H groups in total. The van der Waals surface area contributed by atoms with E-state index >= 15 is 0 Å². The highest BCUT2D eigenvalue weighted by Gasteiger charge is 2.13. The molecule has 0 saturated carbocycles. The van der Waals surface area contributed by atoms with Crippen molar-refractivity contribution in [2.75, 3.05) is 7.11 Å². The van der Waals surface area contributed by atoms with Gasteiger partial charge in [-0.3, -0.25) is 4.79 Å². The van der Waals surface area contributed by atoms with Gasteiger partial charge < -0.3 is 4.74 Å². The van der Waals surface area contributed by atoms with E-state index in [1.54, 1.807) is 36.0 Å². The third kappa shape index (κ3) is 2.83. The van der Waals surface area contributed by atoms with Crippen LogP contribution >= 0.6 is 0 Å². The van der Waals surface area contributed by atoms with Crippen molar-refractivity contribution < 1.29 is 13.9 Å². The fourth-order valence-electron chi connectivity index (χ4n) is 2.31. The molecule has 6 heteroatoms. The van der Waals surface area contributed by atoms with E-state index in [9.17, 15) is 9.18 Å². The molecule has 116 valence electrons. The molecule has 2 aromatic carbocycles. The van der Waals surface area contributed by atoms with Crippen LogP contribution in [-0.4, -0.2) is 28.2 Å². The third-order valence-corrected chi connectivity index (χ3v) is 3.45. The Bertz CT molecular complexity index is 874. The van der Waals surface area contributed by atoms with Crippen molar-refractivity contribution in [2.45, 2.75) is 0 Å². The van der Waals surface area contributed by atoms with E-state index in [0.717, 1.165) is 11.8 Å². The van der Waals surface area contributed by atoms with Gasteiger partial charge in [0, 0.05) is 23.7 Å². The predicted octanol–water partition coefficient (Wildman–Crippen LogP) is 3.11. The van der Waals surface area contributed by atoms with Crippen molar-refractivity contribution in [3.05, 3.63) is 53.8 Å². The van der Waals surface area contributed by atoms with Crippen molar-refractivity contribution in [3.63, 3.8) is 0 Å². The van der Waals surface area contributed by atoms with Crippen molar-refractivity contribution in [2.24, 2.45) is 7.05 Å². The summed E-state index contributed by atoms with van der Waals surface area (Å²) in [7, 11) is 3.16. The average molecular weight is 311 g/mol. The molecule has 0 radical (unpaired) electrons. The number of nitrogens with zero attached hydrogens (tertiary/aromatic N) is 3. The smallest absolute Gasteiger partial charge is 0.181 e. The number of aromatic nitrogens is 3. The van der Waals surface area contributed by atoms with Gasteiger partial charge in [0.25, 0.3) is 0 Å². The van der Waals surface area contributed by atoms with Gasteiger partial charge in [-0.25, -0.2) is 14.1 Å². The number of hydrogen-bond acceptors (Lipinski definition) is 4. The average Bonchev–Trinajstić information content (AvgIpc) is 2.96. The first-order valence-corrected chi connectivity index (χ1v) is 6.93. The standard InChI is InChI=1S/C17H14FN3O2/c1-21-17(13-5-3-4-11(8-13)10-22)19-16(20-21)12-6-7-15(23-2)14(18)9-12/h3-10H,1-2H3. The van der Waals surface area contributed by atoms with Gasteiger partial charge >= 0.3 is 0 Å². The molecule has 0 fully saturated rings. The highest BCUT2D eigenvalue weighted by Crippen LogP contribution is 2.26. The molecule has 0 atom stereocenters. The molecule has 5 nitrogen and oxygen atoms in total. The van der Waals surface area contributed by atoms with Crippen molar-refractivity contribution in [3.8, 4) is 28.5 Å². The van der Waals surface area contributed by atoms with Crippen LogP contribution in [-0.2, 0) is 7.05 Å². The molecule has 1 heterocycles. The Kier molecular flexibility index (Phi) is 3.89. The summed E-state index contributed by atoms with van der Waals surface area (Å²) in [5.41, 5.74) is 1.88. The van der Waals surface area contributed by atoms with Crippen LogP contribution in [0.5, 0.6) is 5.75 Å². The molecule has 0 bridgehead atoms. The van der Waals surface area contributed by atoms with E-state index < -0.39 is 5.82 Å². The van der Waals surface area contributed by atoms with Gasteiger partial charge in [-0.15, -0.1) is 0 Å². The Labute approximate surface area is 132 Å². The number of aldehydes is 1. The van der Waals surface area contributed by atoms with Crippen LogP contribution in [0.2, 0.25) is 0 Å². The predicted molar refractivity (Wildman–Crippen MR) is 83.8 cm³/mol. The molecule has 0 aliphatic heterocycles. The van der Waals surface area contributed by atoms with E-state index in [4.69, 9.17) is 4.74 Å². The number of hydrogen-bond donors (Lipinski definition) is 0. The lowest BCUT2D eigenvalue weighted by atomic mass is 10.1. The largest absolute Gasteiger partial charge is 0.494 e. The Hall–Kier alpha value is -3.02. The molecule has 1 aromatic heterocycles. The molecule has 0 saturated heterocycles. The van der Waals surface area contributed by atoms with Gasteiger partial charge in [0.2, 0.25) is 0 Å². The Balaban J connectivity index is 2.03. The number of benzene rings is 2. The SMILES string of the molecule is COc1ccc(-c2nc(-c3cccc(C=O)c3)n(C)n2)cc1F. The second-order valence-electron chi connectivity index (χ2n) is 4.98. The summed E-state index contributed by atoms with van der Waals surface area (Å²) in [6.07, 6.45) is 0.777. The second kappa shape index (κ2) is 6.00. The number of halogens is 1. The van der Waals surface area contributed by atoms with E-state index in [1.165, 1.54) is 19.2 Å². The van der Waals surface area contributed by atoms with Crippen molar-refractivity contribution >= 4 is 6.29 Å². The lowest BCUT2D eigenvalue weighted by Gasteiger charge is -2.02. The highest BCUT2D eigenvalue weighted by atomic mass is 19.1. The molecule has 3 aromatic rings. The summed E-state index contributed by atoms with van der Waals surface area (Å²) in [4.78, 5) is 15.4. The zero-order valence-corrected chi connectivity index (χ0v) is 12.7. The monoisotopic (exact) mass is 311 g/mol. The van der Waals surface area contributed by atoms with Crippen LogP contribution in [0.1, 0.15) is 10.4 Å². The number of methoxy groups -OCH3 is 1. The number of aryl methyl sites for hydroxylation is 1. The molecule has 3 rings (SSSR count). The third-order valence-electron chi connectivity index (χ3n) is 3.45. The minimum atomic E-state index is -0.470. The van der Waals surface area contributed by atoms with Crippen molar-refractivity contribution in [1.29, 1.82) is 0 Å². The van der Waals surface area contributed by atoms with Crippen LogP contribution in [0.3, 0.4) is 0 Å².